The van der Waals surface area contributed by atoms with E-state index in [0.717, 1.165) is 0 Å². The number of epoxide rings is 1. The predicted octanol–water partition coefficient (Wildman–Crippen LogP) is 7.42. The van der Waals surface area contributed by atoms with Crippen molar-refractivity contribution in [2.75, 3.05) is 13.7 Å². The Morgan fingerprint density at radius 2 is 1.43 bits per heavy atom. The molecule has 37 heavy (non-hydrogen) atoms. The number of halogens is 6. The van der Waals surface area contributed by atoms with Gasteiger partial charge in [0, 0.05) is 27.8 Å². The molecular formula is C28H22F6O3. The van der Waals surface area contributed by atoms with Gasteiger partial charge in [0.1, 0.15) is 6.10 Å². The second-order valence-corrected chi connectivity index (χ2v) is 8.93. The molecule has 3 aromatic rings. The van der Waals surface area contributed by atoms with Crippen molar-refractivity contribution in [2.24, 2.45) is 0 Å². The van der Waals surface area contributed by atoms with E-state index in [0.29, 0.717) is 24.8 Å². The molecule has 0 radical (unpaired) electrons. The van der Waals surface area contributed by atoms with Crippen LogP contribution < -0.4 is 4.74 Å². The van der Waals surface area contributed by atoms with E-state index in [4.69, 9.17) is 14.2 Å². The van der Waals surface area contributed by atoms with Gasteiger partial charge in [-0.2, -0.15) is 4.39 Å². The van der Waals surface area contributed by atoms with Gasteiger partial charge in [-0.05, 0) is 37.0 Å². The van der Waals surface area contributed by atoms with Crippen LogP contribution in [0.3, 0.4) is 0 Å². The number of rotatable bonds is 7. The summed E-state index contributed by atoms with van der Waals surface area (Å²) in [7, 11) is 1.25. The molecule has 0 bridgehead atoms. The molecule has 0 amide bonds. The first-order valence-corrected chi connectivity index (χ1v) is 11.7. The summed E-state index contributed by atoms with van der Waals surface area (Å²) >= 11 is 0. The fourth-order valence-corrected chi connectivity index (χ4v) is 4.51. The molecule has 0 aromatic heterocycles. The molecule has 0 spiro atoms. The van der Waals surface area contributed by atoms with Crippen LogP contribution in [0.25, 0.3) is 16.7 Å². The number of benzene rings is 3. The van der Waals surface area contributed by atoms with Gasteiger partial charge in [0.15, 0.2) is 34.8 Å². The van der Waals surface area contributed by atoms with Gasteiger partial charge < -0.3 is 14.2 Å². The Hall–Kier alpha value is -3.30. The summed E-state index contributed by atoms with van der Waals surface area (Å²) < 4.78 is 102. The van der Waals surface area contributed by atoms with Gasteiger partial charge in [-0.1, -0.05) is 30.3 Å². The predicted molar refractivity (Wildman–Crippen MR) is 124 cm³/mol. The third-order valence-corrected chi connectivity index (χ3v) is 6.69. The number of allylic oxidation sites excluding steroid dienone is 1. The van der Waals surface area contributed by atoms with Gasteiger partial charge in [0.25, 0.3) is 0 Å². The molecule has 2 unspecified atom stereocenters. The minimum Gasteiger partial charge on any atom is -0.494 e. The minimum atomic E-state index is -1.31. The Balaban J connectivity index is 1.27. The second-order valence-electron chi connectivity index (χ2n) is 8.93. The normalized spacial score (nSPS) is 19.1. The van der Waals surface area contributed by atoms with Gasteiger partial charge in [-0.15, -0.1) is 0 Å². The maximum Gasteiger partial charge on any atom is 0.201 e. The third kappa shape index (κ3) is 4.85. The Labute approximate surface area is 209 Å². The highest BCUT2D eigenvalue weighted by atomic mass is 19.2. The summed E-state index contributed by atoms with van der Waals surface area (Å²) in [5.41, 5.74) is -0.0754. The third-order valence-electron chi connectivity index (χ3n) is 6.69. The largest absolute Gasteiger partial charge is 0.494 e. The molecule has 2 atom stereocenters. The number of ether oxygens (including phenoxy) is 3. The lowest BCUT2D eigenvalue weighted by atomic mass is 9.91. The van der Waals surface area contributed by atoms with E-state index >= 15 is 0 Å². The molecule has 1 fully saturated rings. The summed E-state index contributed by atoms with van der Waals surface area (Å²) in [5, 5.41) is 0. The summed E-state index contributed by atoms with van der Waals surface area (Å²) in [6.07, 6.45) is 2.09. The van der Waals surface area contributed by atoms with E-state index in [1.165, 1.54) is 43.5 Å². The van der Waals surface area contributed by atoms with Crippen LogP contribution in [-0.4, -0.2) is 19.8 Å². The first kappa shape index (κ1) is 25.4. The number of methoxy groups -OCH3 is 1. The van der Waals surface area contributed by atoms with E-state index in [1.54, 1.807) is 6.08 Å². The SMILES string of the molecule is COc1ccc(C2=CCC(OCc3ccc(-c4ccc(C5CO5)c(F)c4F)c(F)c3F)CC2)c(F)c1F. The fraction of sp³-hybridized carbons (Fsp3) is 0.286. The van der Waals surface area contributed by atoms with Crippen molar-refractivity contribution in [1.82, 2.24) is 0 Å². The minimum absolute atomic E-state index is 0.0386. The second kappa shape index (κ2) is 10.2. The van der Waals surface area contributed by atoms with E-state index in [9.17, 15) is 26.3 Å². The van der Waals surface area contributed by atoms with Crippen molar-refractivity contribution >= 4 is 5.57 Å². The summed E-state index contributed by atoms with van der Waals surface area (Å²) in [6, 6.07) is 7.76. The molecule has 3 nitrogen and oxygen atoms in total. The summed E-state index contributed by atoms with van der Waals surface area (Å²) in [5.74, 6) is -7.17. The molecule has 1 saturated heterocycles. The van der Waals surface area contributed by atoms with E-state index in [1.807, 2.05) is 0 Å². The molecule has 2 aliphatic rings. The summed E-state index contributed by atoms with van der Waals surface area (Å²) in [6.45, 7) is 0.0274. The fourth-order valence-electron chi connectivity index (χ4n) is 4.51. The lowest BCUT2D eigenvalue weighted by Gasteiger charge is -2.23. The molecule has 9 heteroatoms. The van der Waals surface area contributed by atoms with Crippen LogP contribution in [-0.2, 0) is 16.1 Å². The summed E-state index contributed by atoms with van der Waals surface area (Å²) in [4.78, 5) is 0. The highest BCUT2D eigenvalue weighted by Crippen LogP contribution is 2.37. The highest BCUT2D eigenvalue weighted by Gasteiger charge is 2.31. The van der Waals surface area contributed by atoms with Gasteiger partial charge in [-0.3, -0.25) is 0 Å². The number of hydrogen-bond donors (Lipinski definition) is 0. The first-order valence-electron chi connectivity index (χ1n) is 11.7. The Morgan fingerprint density at radius 1 is 0.784 bits per heavy atom. The van der Waals surface area contributed by atoms with Gasteiger partial charge in [-0.25, -0.2) is 22.0 Å². The zero-order chi connectivity index (χ0) is 26.3. The monoisotopic (exact) mass is 520 g/mol. The molecular weight excluding hydrogens is 498 g/mol. The van der Waals surface area contributed by atoms with Crippen LogP contribution in [0.2, 0.25) is 0 Å². The van der Waals surface area contributed by atoms with Crippen molar-refractivity contribution in [1.29, 1.82) is 0 Å². The maximum absolute atomic E-state index is 14.8. The van der Waals surface area contributed by atoms with Crippen LogP contribution in [0.5, 0.6) is 5.75 Å². The zero-order valence-corrected chi connectivity index (χ0v) is 19.7. The Bertz CT molecular complexity index is 1380. The molecule has 3 aromatic carbocycles. The molecule has 0 N–H and O–H groups in total. The molecule has 1 aliphatic carbocycles. The Morgan fingerprint density at radius 3 is 2.08 bits per heavy atom. The molecule has 0 saturated carbocycles. The lowest BCUT2D eigenvalue weighted by Crippen LogP contribution is -2.16. The highest BCUT2D eigenvalue weighted by molar-refractivity contribution is 5.68. The van der Waals surface area contributed by atoms with Gasteiger partial charge in [0.2, 0.25) is 5.82 Å². The van der Waals surface area contributed by atoms with Gasteiger partial charge in [0.05, 0.1) is 26.4 Å². The average molecular weight is 520 g/mol. The lowest BCUT2D eigenvalue weighted by molar-refractivity contribution is 0.0342. The van der Waals surface area contributed by atoms with Crippen molar-refractivity contribution in [3.63, 3.8) is 0 Å². The molecule has 1 aliphatic heterocycles. The van der Waals surface area contributed by atoms with Crippen LogP contribution in [0.4, 0.5) is 26.3 Å². The molecule has 194 valence electrons. The topological polar surface area (TPSA) is 31.0 Å². The van der Waals surface area contributed by atoms with Gasteiger partial charge >= 0.3 is 0 Å². The average Bonchev–Trinajstić information content (AvgIpc) is 3.74. The molecule has 5 rings (SSSR count). The quantitative estimate of drug-likeness (QED) is 0.240. The van der Waals surface area contributed by atoms with Crippen LogP contribution in [0.15, 0.2) is 42.5 Å². The van der Waals surface area contributed by atoms with Crippen molar-refractivity contribution in [3.05, 3.63) is 94.1 Å². The smallest absolute Gasteiger partial charge is 0.201 e. The van der Waals surface area contributed by atoms with E-state index in [-0.39, 0.29) is 41.8 Å². The van der Waals surface area contributed by atoms with Crippen molar-refractivity contribution in [3.8, 4) is 16.9 Å². The van der Waals surface area contributed by atoms with Crippen molar-refractivity contribution < 1.29 is 40.6 Å². The first-order chi connectivity index (χ1) is 17.8. The van der Waals surface area contributed by atoms with Crippen LogP contribution in [0, 0.1) is 34.9 Å². The van der Waals surface area contributed by atoms with E-state index in [2.05, 4.69) is 0 Å². The number of hydrogen-bond acceptors (Lipinski definition) is 3. The van der Waals surface area contributed by atoms with E-state index < -0.39 is 52.1 Å². The Kier molecular flexibility index (Phi) is 7.00. The van der Waals surface area contributed by atoms with Crippen molar-refractivity contribution in [2.45, 2.75) is 38.1 Å². The standard InChI is InChI=1S/C28H22F6O3/c1-35-21-11-10-17(24(30)28(21)34)14-2-5-16(6-3-14)36-12-15-4-7-18(25(31)23(15)29)19-8-9-20(22-13-37-22)27(33)26(19)32/h2,4,7-11,16,22H,3,5-6,12-13H2,1H3. The molecule has 1 heterocycles. The zero-order valence-electron chi connectivity index (χ0n) is 19.7. The van der Waals surface area contributed by atoms with Crippen LogP contribution >= 0.6 is 0 Å². The maximum atomic E-state index is 14.8. The van der Waals surface area contributed by atoms with Crippen LogP contribution in [0.1, 0.15) is 42.1 Å².